The molecule has 0 aromatic carbocycles. The molecule has 0 atom stereocenters. The van der Waals surface area contributed by atoms with Crippen LogP contribution in [0, 0.1) is 0 Å². The van der Waals surface area contributed by atoms with Crippen molar-refractivity contribution in [2.24, 2.45) is 0 Å². The van der Waals surface area contributed by atoms with E-state index in [9.17, 15) is 0 Å². The first kappa shape index (κ1) is 18.8. The maximum absolute atomic E-state index is 8.69. The third kappa shape index (κ3) is 8.67. The summed E-state index contributed by atoms with van der Waals surface area (Å²) in [5.41, 5.74) is 0. The third-order valence-corrected chi connectivity index (χ3v) is 3.92. The van der Waals surface area contributed by atoms with Gasteiger partial charge >= 0.3 is 0 Å². The molecule has 0 bridgehead atoms. The molecule has 0 spiro atoms. The molecule has 0 saturated carbocycles. The standard InChI is InChI=1S/C8H18N2O2.C6H14N2O/c11-7-5-9-1-2-10(4-3-9)6-8-12;9-6-5-8-3-1-7-2-4-8/h11-12H,1-8H2;7,9H,1-6H2. The molecule has 2 heterocycles. The Balaban J connectivity index is 0.000000219. The number of nitrogens with one attached hydrogen (secondary N) is 1. The average Bonchev–Trinajstić information content (AvgIpc) is 2.52. The van der Waals surface area contributed by atoms with Gasteiger partial charge in [-0.3, -0.25) is 14.7 Å². The Morgan fingerprint density at radius 3 is 1.24 bits per heavy atom. The van der Waals surface area contributed by atoms with Crippen molar-refractivity contribution in [3.05, 3.63) is 0 Å². The summed E-state index contributed by atoms with van der Waals surface area (Å²) < 4.78 is 0. The van der Waals surface area contributed by atoms with Gasteiger partial charge in [-0.25, -0.2) is 0 Å². The molecule has 2 rings (SSSR count). The van der Waals surface area contributed by atoms with Crippen molar-refractivity contribution >= 4 is 0 Å². The Morgan fingerprint density at radius 2 is 0.905 bits per heavy atom. The maximum atomic E-state index is 8.69. The number of hydrogen-bond acceptors (Lipinski definition) is 7. The van der Waals surface area contributed by atoms with Crippen LogP contribution in [0.3, 0.4) is 0 Å². The fraction of sp³-hybridized carbons (Fsp3) is 1.00. The summed E-state index contributed by atoms with van der Waals surface area (Å²) in [6.45, 7) is 11.6. The number of nitrogens with zero attached hydrogens (tertiary/aromatic N) is 3. The lowest BCUT2D eigenvalue weighted by molar-refractivity contribution is 0.0984. The molecule has 0 aromatic heterocycles. The van der Waals surface area contributed by atoms with Crippen LogP contribution < -0.4 is 5.32 Å². The molecule has 4 N–H and O–H groups in total. The van der Waals surface area contributed by atoms with Crippen LogP contribution in [0.5, 0.6) is 0 Å². The molecule has 126 valence electrons. The number of piperazine rings is 2. The summed E-state index contributed by atoms with van der Waals surface area (Å²) in [6.07, 6.45) is 0. The van der Waals surface area contributed by atoms with E-state index in [2.05, 4.69) is 20.0 Å². The summed E-state index contributed by atoms with van der Waals surface area (Å²) in [6, 6.07) is 0. The topological polar surface area (TPSA) is 82.4 Å². The fourth-order valence-corrected chi connectivity index (χ4v) is 2.60. The van der Waals surface area contributed by atoms with Crippen LogP contribution in [0.4, 0.5) is 0 Å². The van der Waals surface area contributed by atoms with Gasteiger partial charge in [0.15, 0.2) is 0 Å². The Labute approximate surface area is 128 Å². The second-order valence-corrected chi connectivity index (χ2v) is 5.45. The van der Waals surface area contributed by atoms with E-state index < -0.39 is 0 Å². The highest BCUT2D eigenvalue weighted by Crippen LogP contribution is 1.99. The molecule has 0 aliphatic carbocycles. The van der Waals surface area contributed by atoms with Gasteiger partial charge in [-0.15, -0.1) is 0 Å². The summed E-state index contributed by atoms with van der Waals surface area (Å²) in [5.74, 6) is 0. The second-order valence-electron chi connectivity index (χ2n) is 5.45. The van der Waals surface area contributed by atoms with Crippen molar-refractivity contribution in [1.82, 2.24) is 20.0 Å². The van der Waals surface area contributed by atoms with Gasteiger partial charge in [0.25, 0.3) is 0 Å². The first-order valence-electron chi connectivity index (χ1n) is 8.00. The number of aliphatic hydroxyl groups excluding tert-OH is 3. The van der Waals surface area contributed by atoms with Crippen molar-refractivity contribution in [1.29, 1.82) is 0 Å². The predicted molar refractivity (Wildman–Crippen MR) is 83.4 cm³/mol. The normalized spacial score (nSPS) is 21.9. The van der Waals surface area contributed by atoms with Crippen LogP contribution in [-0.4, -0.2) is 122 Å². The van der Waals surface area contributed by atoms with Crippen molar-refractivity contribution in [2.75, 3.05) is 91.8 Å². The summed E-state index contributed by atoms with van der Waals surface area (Å²) >= 11 is 0. The summed E-state index contributed by atoms with van der Waals surface area (Å²) in [5, 5.41) is 29.2. The van der Waals surface area contributed by atoms with Crippen LogP contribution in [0.1, 0.15) is 0 Å². The van der Waals surface area contributed by atoms with Crippen molar-refractivity contribution < 1.29 is 15.3 Å². The molecule has 7 nitrogen and oxygen atoms in total. The minimum Gasteiger partial charge on any atom is -0.395 e. The van der Waals surface area contributed by atoms with Crippen LogP contribution in [0.15, 0.2) is 0 Å². The Bertz CT molecular complexity index is 216. The number of hydrogen-bond donors (Lipinski definition) is 4. The van der Waals surface area contributed by atoms with E-state index in [-0.39, 0.29) is 13.2 Å². The second kappa shape index (κ2) is 12.3. The molecule has 2 saturated heterocycles. The summed E-state index contributed by atoms with van der Waals surface area (Å²) in [4.78, 5) is 6.75. The zero-order chi connectivity index (χ0) is 15.3. The maximum Gasteiger partial charge on any atom is 0.0558 e. The minimum absolute atomic E-state index is 0.250. The van der Waals surface area contributed by atoms with Crippen molar-refractivity contribution in [3.8, 4) is 0 Å². The predicted octanol–water partition coefficient (Wildman–Crippen LogP) is -2.53. The number of aliphatic hydroxyl groups is 3. The first-order valence-corrected chi connectivity index (χ1v) is 8.00. The van der Waals surface area contributed by atoms with Gasteiger partial charge in [-0.1, -0.05) is 0 Å². The highest BCUT2D eigenvalue weighted by Gasteiger charge is 2.14. The molecule has 2 fully saturated rings. The van der Waals surface area contributed by atoms with Crippen LogP contribution in [0.2, 0.25) is 0 Å². The lowest BCUT2D eigenvalue weighted by atomic mass is 10.3. The molecule has 0 radical (unpaired) electrons. The zero-order valence-electron chi connectivity index (χ0n) is 13.1. The molecule has 0 unspecified atom stereocenters. The first-order chi connectivity index (χ1) is 10.3. The molecule has 7 heteroatoms. The van der Waals surface area contributed by atoms with Crippen LogP contribution in [0.25, 0.3) is 0 Å². The average molecular weight is 304 g/mol. The number of rotatable bonds is 6. The van der Waals surface area contributed by atoms with E-state index in [1.165, 1.54) is 0 Å². The van der Waals surface area contributed by atoms with Gasteiger partial charge < -0.3 is 20.6 Å². The molecule has 2 aliphatic rings. The molecular weight excluding hydrogens is 272 g/mol. The van der Waals surface area contributed by atoms with Gasteiger partial charge in [0.1, 0.15) is 0 Å². The highest BCUT2D eigenvalue weighted by molar-refractivity contribution is 4.71. The molecule has 21 heavy (non-hydrogen) atoms. The molecular formula is C14H32N4O3. The lowest BCUT2D eigenvalue weighted by Crippen LogP contribution is -2.47. The lowest BCUT2D eigenvalue weighted by Gasteiger charge is -2.33. The van der Waals surface area contributed by atoms with Gasteiger partial charge in [0, 0.05) is 72.0 Å². The van der Waals surface area contributed by atoms with Gasteiger partial charge in [0.05, 0.1) is 19.8 Å². The quantitative estimate of drug-likeness (QED) is 0.431. The monoisotopic (exact) mass is 304 g/mol. The van der Waals surface area contributed by atoms with Gasteiger partial charge in [-0.2, -0.15) is 0 Å². The van der Waals surface area contributed by atoms with E-state index in [1.807, 2.05) is 0 Å². The van der Waals surface area contributed by atoms with Crippen LogP contribution >= 0.6 is 0 Å². The molecule has 0 amide bonds. The van der Waals surface area contributed by atoms with Crippen molar-refractivity contribution in [2.45, 2.75) is 0 Å². The third-order valence-electron chi connectivity index (χ3n) is 3.92. The highest BCUT2D eigenvalue weighted by atomic mass is 16.3. The van der Waals surface area contributed by atoms with E-state index in [0.717, 1.165) is 72.0 Å². The summed E-state index contributed by atoms with van der Waals surface area (Å²) in [7, 11) is 0. The van der Waals surface area contributed by atoms with Gasteiger partial charge in [0.2, 0.25) is 0 Å². The zero-order valence-corrected chi connectivity index (χ0v) is 13.1. The minimum atomic E-state index is 0.250. The smallest absolute Gasteiger partial charge is 0.0558 e. The Kier molecular flexibility index (Phi) is 11.0. The van der Waals surface area contributed by atoms with Gasteiger partial charge in [-0.05, 0) is 0 Å². The Hall–Kier alpha value is -0.280. The van der Waals surface area contributed by atoms with E-state index >= 15 is 0 Å². The Morgan fingerprint density at radius 1 is 0.571 bits per heavy atom. The van der Waals surface area contributed by atoms with E-state index in [0.29, 0.717) is 6.61 Å². The molecule has 0 aromatic rings. The molecule has 2 aliphatic heterocycles. The van der Waals surface area contributed by atoms with Crippen molar-refractivity contribution in [3.63, 3.8) is 0 Å². The van der Waals surface area contributed by atoms with Crippen LogP contribution in [-0.2, 0) is 0 Å². The number of β-amino-alcohol motifs (C(OH)–C–C–N with tert-alkyl or cyclic N) is 3. The van der Waals surface area contributed by atoms with E-state index in [4.69, 9.17) is 15.3 Å². The fourth-order valence-electron chi connectivity index (χ4n) is 2.60. The van der Waals surface area contributed by atoms with E-state index in [1.54, 1.807) is 0 Å². The largest absolute Gasteiger partial charge is 0.395 e. The SMILES string of the molecule is OCCN1CCN(CCO)CC1.OCCN1CCNCC1.